The molecule has 0 spiro atoms. The van der Waals surface area contributed by atoms with Crippen molar-refractivity contribution in [2.75, 3.05) is 11.9 Å². The van der Waals surface area contributed by atoms with Crippen LogP contribution in [0.1, 0.15) is 20.3 Å². The van der Waals surface area contributed by atoms with E-state index in [1.165, 1.54) is 0 Å². The average Bonchev–Trinajstić information content (AvgIpc) is 2.25. The molecule has 1 N–H and O–H groups in total. The van der Waals surface area contributed by atoms with E-state index < -0.39 is 0 Å². The molecule has 1 unspecified atom stereocenters. The normalized spacial score (nSPS) is 12.2. The van der Waals surface area contributed by atoms with Crippen LogP contribution in [0.5, 0.6) is 0 Å². The van der Waals surface area contributed by atoms with Crippen molar-refractivity contribution in [1.82, 2.24) is 0 Å². The number of rotatable bonds is 5. The van der Waals surface area contributed by atoms with E-state index in [1.807, 2.05) is 22.6 Å². The molecule has 0 bridgehead atoms. The van der Waals surface area contributed by atoms with Crippen LogP contribution in [0, 0.1) is 19.6 Å². The van der Waals surface area contributed by atoms with Crippen molar-refractivity contribution < 1.29 is 4.92 Å². The van der Waals surface area contributed by atoms with Crippen LogP contribution in [0.15, 0.2) is 18.2 Å². The Morgan fingerprint density at radius 2 is 2.25 bits per heavy atom. The third-order valence-corrected chi connectivity index (χ3v) is 3.36. The van der Waals surface area contributed by atoms with Gasteiger partial charge in [0.1, 0.15) is 0 Å². The van der Waals surface area contributed by atoms with Gasteiger partial charge in [0.05, 0.1) is 8.49 Å². The molecule has 0 fully saturated rings. The molecule has 0 saturated carbocycles. The maximum atomic E-state index is 10.6. The number of halogens is 1. The highest BCUT2D eigenvalue weighted by Crippen LogP contribution is 2.24. The van der Waals surface area contributed by atoms with Gasteiger partial charge in [-0.2, -0.15) is 0 Å². The molecule has 1 aromatic carbocycles. The first kappa shape index (κ1) is 13.2. The maximum absolute atomic E-state index is 10.6. The van der Waals surface area contributed by atoms with Crippen molar-refractivity contribution in [3.05, 3.63) is 31.9 Å². The molecule has 0 saturated heterocycles. The zero-order chi connectivity index (χ0) is 12.1. The third kappa shape index (κ3) is 3.62. The van der Waals surface area contributed by atoms with Gasteiger partial charge >= 0.3 is 0 Å². The van der Waals surface area contributed by atoms with Crippen LogP contribution >= 0.6 is 22.6 Å². The minimum absolute atomic E-state index is 0.162. The number of benzene rings is 1. The highest BCUT2D eigenvalue weighted by atomic mass is 127. The summed E-state index contributed by atoms with van der Waals surface area (Å²) >= 11 is 1.99. The van der Waals surface area contributed by atoms with E-state index >= 15 is 0 Å². The van der Waals surface area contributed by atoms with Crippen molar-refractivity contribution in [3.8, 4) is 0 Å². The molecule has 0 aliphatic heterocycles. The standard InChI is InChI=1S/C11H15IN2O2/c1-3-8(2)7-13-9-4-5-11(14(15)16)10(12)6-9/h4-6,8,13H,3,7H2,1-2H3. The summed E-state index contributed by atoms with van der Waals surface area (Å²) in [7, 11) is 0. The summed E-state index contributed by atoms with van der Waals surface area (Å²) < 4.78 is 0.664. The van der Waals surface area contributed by atoms with Crippen LogP contribution < -0.4 is 5.32 Å². The van der Waals surface area contributed by atoms with Crippen molar-refractivity contribution in [3.63, 3.8) is 0 Å². The van der Waals surface area contributed by atoms with Gasteiger partial charge in [-0.3, -0.25) is 10.1 Å². The number of hydrogen-bond acceptors (Lipinski definition) is 3. The van der Waals surface area contributed by atoms with E-state index in [9.17, 15) is 10.1 Å². The predicted octanol–water partition coefficient (Wildman–Crippen LogP) is 3.66. The van der Waals surface area contributed by atoms with Gasteiger partial charge in [0, 0.05) is 18.3 Å². The van der Waals surface area contributed by atoms with Crippen molar-refractivity contribution in [1.29, 1.82) is 0 Å². The molecule has 5 heteroatoms. The molecule has 1 aromatic rings. The van der Waals surface area contributed by atoms with E-state index in [0.29, 0.717) is 9.49 Å². The lowest BCUT2D eigenvalue weighted by atomic mass is 10.1. The molecule has 4 nitrogen and oxygen atoms in total. The summed E-state index contributed by atoms with van der Waals surface area (Å²) in [5.41, 5.74) is 1.10. The molecule has 1 rings (SSSR count). The number of nitro benzene ring substituents is 1. The Morgan fingerprint density at radius 3 is 2.75 bits per heavy atom. The summed E-state index contributed by atoms with van der Waals surface area (Å²) in [5.74, 6) is 0.604. The molecule has 0 amide bonds. The second-order valence-electron chi connectivity index (χ2n) is 3.82. The second-order valence-corrected chi connectivity index (χ2v) is 4.98. The lowest BCUT2D eigenvalue weighted by Gasteiger charge is -2.11. The van der Waals surface area contributed by atoms with Crippen molar-refractivity contribution >= 4 is 34.0 Å². The van der Waals surface area contributed by atoms with Gasteiger partial charge in [-0.05, 0) is 40.6 Å². The second kappa shape index (κ2) is 6.03. The Bertz CT molecular complexity index is 382. The van der Waals surface area contributed by atoms with Gasteiger partial charge < -0.3 is 5.32 Å². The first-order valence-electron chi connectivity index (χ1n) is 5.22. The predicted molar refractivity (Wildman–Crippen MR) is 73.8 cm³/mol. The van der Waals surface area contributed by atoms with Crippen LogP contribution in [0.25, 0.3) is 0 Å². The van der Waals surface area contributed by atoms with Gasteiger partial charge in [-0.1, -0.05) is 20.3 Å². The first-order chi connectivity index (χ1) is 7.54. The van der Waals surface area contributed by atoms with Gasteiger partial charge in [0.25, 0.3) is 5.69 Å². The number of anilines is 1. The first-order valence-corrected chi connectivity index (χ1v) is 6.30. The fourth-order valence-corrected chi connectivity index (χ4v) is 1.91. The van der Waals surface area contributed by atoms with E-state index in [0.717, 1.165) is 18.7 Å². The molecule has 0 aromatic heterocycles. The SMILES string of the molecule is CCC(C)CNc1ccc([N+](=O)[O-])c(I)c1. The molecule has 1 atom stereocenters. The van der Waals surface area contributed by atoms with Gasteiger partial charge in [0.15, 0.2) is 0 Å². The highest BCUT2D eigenvalue weighted by Gasteiger charge is 2.11. The van der Waals surface area contributed by atoms with Crippen molar-refractivity contribution in [2.45, 2.75) is 20.3 Å². The number of nitrogens with zero attached hydrogens (tertiary/aromatic N) is 1. The lowest BCUT2D eigenvalue weighted by molar-refractivity contribution is -0.385. The van der Waals surface area contributed by atoms with E-state index in [-0.39, 0.29) is 10.6 Å². The minimum atomic E-state index is -0.361. The van der Waals surface area contributed by atoms with Crippen LogP contribution in [0.3, 0.4) is 0 Å². The van der Waals surface area contributed by atoms with E-state index in [1.54, 1.807) is 18.2 Å². The molecular formula is C11H15IN2O2. The zero-order valence-electron chi connectivity index (χ0n) is 9.37. The van der Waals surface area contributed by atoms with Gasteiger partial charge in [0.2, 0.25) is 0 Å². The third-order valence-electron chi connectivity index (χ3n) is 2.50. The molecule has 0 heterocycles. The Hall–Kier alpha value is -0.850. The fraction of sp³-hybridized carbons (Fsp3) is 0.455. The average molecular weight is 334 g/mol. The van der Waals surface area contributed by atoms with Crippen LogP contribution in [-0.2, 0) is 0 Å². The summed E-state index contributed by atoms with van der Waals surface area (Å²) in [6, 6.07) is 5.10. The number of nitro groups is 1. The molecular weight excluding hydrogens is 319 g/mol. The molecule has 0 aliphatic rings. The summed E-state index contributed by atoms with van der Waals surface area (Å²) in [6.07, 6.45) is 1.12. The summed E-state index contributed by atoms with van der Waals surface area (Å²) in [4.78, 5) is 10.3. The number of nitrogens with one attached hydrogen (secondary N) is 1. The Kier molecular flexibility index (Phi) is 4.98. The topological polar surface area (TPSA) is 55.2 Å². The fourth-order valence-electron chi connectivity index (χ4n) is 1.20. The van der Waals surface area contributed by atoms with Gasteiger partial charge in [-0.25, -0.2) is 0 Å². The van der Waals surface area contributed by atoms with Crippen LogP contribution in [0.4, 0.5) is 11.4 Å². The summed E-state index contributed by atoms with van der Waals surface area (Å²) in [6.45, 7) is 5.21. The van der Waals surface area contributed by atoms with Crippen LogP contribution in [0.2, 0.25) is 0 Å². The van der Waals surface area contributed by atoms with E-state index in [2.05, 4.69) is 19.2 Å². The molecule has 0 radical (unpaired) electrons. The monoisotopic (exact) mass is 334 g/mol. The Labute approximate surface area is 109 Å². The van der Waals surface area contributed by atoms with E-state index in [4.69, 9.17) is 0 Å². The molecule has 0 aliphatic carbocycles. The largest absolute Gasteiger partial charge is 0.385 e. The molecule has 16 heavy (non-hydrogen) atoms. The van der Waals surface area contributed by atoms with Crippen molar-refractivity contribution in [2.24, 2.45) is 5.92 Å². The van der Waals surface area contributed by atoms with Gasteiger partial charge in [-0.15, -0.1) is 0 Å². The Morgan fingerprint density at radius 1 is 1.56 bits per heavy atom. The zero-order valence-corrected chi connectivity index (χ0v) is 11.5. The van der Waals surface area contributed by atoms with Crippen LogP contribution in [-0.4, -0.2) is 11.5 Å². The molecule has 88 valence electrons. The lowest BCUT2D eigenvalue weighted by Crippen LogP contribution is -2.10. The highest BCUT2D eigenvalue weighted by molar-refractivity contribution is 14.1. The minimum Gasteiger partial charge on any atom is -0.385 e. The quantitative estimate of drug-likeness (QED) is 0.508. The maximum Gasteiger partial charge on any atom is 0.282 e. The number of hydrogen-bond donors (Lipinski definition) is 1. The smallest absolute Gasteiger partial charge is 0.282 e. The summed E-state index contributed by atoms with van der Waals surface area (Å²) in [5, 5.41) is 13.9. The Balaban J connectivity index is 2.70.